The van der Waals surface area contributed by atoms with E-state index in [1.54, 1.807) is 12.1 Å². The molecule has 1 saturated heterocycles. The lowest BCUT2D eigenvalue weighted by Crippen LogP contribution is -2.45. The van der Waals surface area contributed by atoms with E-state index in [0.29, 0.717) is 16.7 Å². The number of fused-ring (bicyclic) bond motifs is 3. The molecule has 3 aromatic rings. The van der Waals surface area contributed by atoms with Crippen LogP contribution in [0.2, 0.25) is 0 Å². The molecule has 0 radical (unpaired) electrons. The number of amides is 1. The van der Waals surface area contributed by atoms with Crippen LogP contribution in [0.15, 0.2) is 66.7 Å². The predicted octanol–water partition coefficient (Wildman–Crippen LogP) is 4.76. The topological polar surface area (TPSA) is 58.6 Å². The van der Waals surface area contributed by atoms with Crippen molar-refractivity contribution < 1.29 is 14.3 Å². The molecule has 31 heavy (non-hydrogen) atoms. The van der Waals surface area contributed by atoms with Crippen molar-refractivity contribution in [2.24, 2.45) is 0 Å². The van der Waals surface area contributed by atoms with Crippen molar-refractivity contribution in [3.8, 4) is 11.1 Å². The number of hydrogen-bond donors (Lipinski definition) is 1. The third-order valence-electron chi connectivity index (χ3n) is 5.90. The minimum Gasteiger partial charge on any atom is -0.372 e. The standard InChI is InChI=1S/C26H24N2O3/c1-16-14-28(15-17(2)31-16)20-10-8-19(9-11-20)27-26(30)18-7-12-22-21-5-3-4-6-23(21)25(29)24(22)13-18/h3-13,16-17H,14-15H2,1-2H3,(H,27,30). The summed E-state index contributed by atoms with van der Waals surface area (Å²) in [5.41, 5.74) is 5.39. The molecule has 156 valence electrons. The number of nitrogens with one attached hydrogen (secondary N) is 1. The summed E-state index contributed by atoms with van der Waals surface area (Å²) in [6, 6.07) is 20.7. The molecule has 1 heterocycles. The van der Waals surface area contributed by atoms with Gasteiger partial charge in [-0.25, -0.2) is 0 Å². The Hall–Kier alpha value is -3.44. The van der Waals surface area contributed by atoms with Crippen LogP contribution in [0.3, 0.4) is 0 Å². The smallest absolute Gasteiger partial charge is 0.255 e. The first kappa shape index (κ1) is 19.5. The maximum Gasteiger partial charge on any atom is 0.255 e. The summed E-state index contributed by atoms with van der Waals surface area (Å²) >= 11 is 0. The first-order chi connectivity index (χ1) is 15.0. The molecule has 1 aliphatic heterocycles. The molecular formula is C26H24N2O3. The lowest BCUT2D eigenvalue weighted by atomic mass is 10.0. The molecule has 0 aromatic heterocycles. The highest BCUT2D eigenvalue weighted by molar-refractivity contribution is 6.22. The van der Waals surface area contributed by atoms with Crippen LogP contribution in [0.25, 0.3) is 11.1 Å². The van der Waals surface area contributed by atoms with Gasteiger partial charge >= 0.3 is 0 Å². The molecule has 1 aliphatic carbocycles. The van der Waals surface area contributed by atoms with Crippen LogP contribution in [0.4, 0.5) is 11.4 Å². The van der Waals surface area contributed by atoms with Gasteiger partial charge in [-0.15, -0.1) is 0 Å². The van der Waals surface area contributed by atoms with Crippen molar-refractivity contribution in [3.05, 3.63) is 83.4 Å². The average molecular weight is 412 g/mol. The molecule has 2 atom stereocenters. The van der Waals surface area contributed by atoms with Crippen molar-refractivity contribution >= 4 is 23.1 Å². The Morgan fingerprint density at radius 2 is 1.52 bits per heavy atom. The molecule has 2 unspecified atom stereocenters. The average Bonchev–Trinajstić information content (AvgIpc) is 3.05. The summed E-state index contributed by atoms with van der Waals surface area (Å²) in [5, 5.41) is 2.94. The van der Waals surface area contributed by atoms with Gasteiger partial charge in [0, 0.05) is 41.2 Å². The maximum absolute atomic E-state index is 12.8. The molecule has 5 heteroatoms. The van der Waals surface area contributed by atoms with Crippen LogP contribution in [-0.4, -0.2) is 37.0 Å². The van der Waals surface area contributed by atoms with E-state index in [2.05, 4.69) is 24.1 Å². The van der Waals surface area contributed by atoms with E-state index in [1.807, 2.05) is 54.6 Å². The van der Waals surface area contributed by atoms with Crippen LogP contribution in [0.5, 0.6) is 0 Å². The molecule has 1 N–H and O–H groups in total. The molecule has 1 fully saturated rings. The summed E-state index contributed by atoms with van der Waals surface area (Å²) in [6.07, 6.45) is 0.383. The van der Waals surface area contributed by atoms with Crippen molar-refractivity contribution in [2.75, 3.05) is 23.3 Å². The Morgan fingerprint density at radius 3 is 2.23 bits per heavy atom. The highest BCUT2D eigenvalue weighted by Gasteiger charge is 2.27. The molecule has 2 aliphatic rings. The minimum atomic E-state index is -0.229. The molecule has 0 saturated carbocycles. The number of morpholine rings is 1. The Kier molecular flexibility index (Phi) is 4.83. The molecule has 3 aromatic carbocycles. The quantitative estimate of drug-likeness (QED) is 0.527. The van der Waals surface area contributed by atoms with Crippen LogP contribution in [-0.2, 0) is 4.74 Å². The number of ketones is 1. The van der Waals surface area contributed by atoms with Crippen molar-refractivity contribution in [1.82, 2.24) is 0 Å². The second-order valence-corrected chi connectivity index (χ2v) is 8.30. The zero-order chi connectivity index (χ0) is 21.5. The Labute approximate surface area is 181 Å². The summed E-state index contributed by atoms with van der Waals surface area (Å²) in [4.78, 5) is 27.8. The first-order valence-electron chi connectivity index (χ1n) is 10.6. The van der Waals surface area contributed by atoms with Gasteiger partial charge in [0.25, 0.3) is 5.91 Å². The normalized spacial score (nSPS) is 19.7. The fourth-order valence-corrected chi connectivity index (χ4v) is 4.52. The fraction of sp³-hybridized carbons (Fsp3) is 0.231. The van der Waals surface area contributed by atoms with E-state index in [0.717, 1.165) is 35.6 Å². The van der Waals surface area contributed by atoms with E-state index in [-0.39, 0.29) is 23.9 Å². The van der Waals surface area contributed by atoms with Crippen LogP contribution in [0, 0.1) is 0 Å². The van der Waals surface area contributed by atoms with Crippen LogP contribution >= 0.6 is 0 Å². The van der Waals surface area contributed by atoms with Crippen LogP contribution < -0.4 is 10.2 Å². The van der Waals surface area contributed by atoms with Gasteiger partial charge in [0.15, 0.2) is 5.78 Å². The second-order valence-electron chi connectivity index (χ2n) is 8.30. The number of ether oxygens (including phenoxy) is 1. The van der Waals surface area contributed by atoms with Gasteiger partial charge < -0.3 is 15.0 Å². The number of anilines is 2. The van der Waals surface area contributed by atoms with Gasteiger partial charge in [0.1, 0.15) is 0 Å². The molecule has 1 amide bonds. The summed E-state index contributed by atoms with van der Waals surface area (Å²) in [5.74, 6) is -0.258. The SMILES string of the molecule is CC1CN(c2ccc(NC(=O)c3ccc4c(c3)C(=O)c3ccccc3-4)cc2)CC(C)O1. The third kappa shape index (κ3) is 3.62. The third-order valence-corrected chi connectivity index (χ3v) is 5.90. The summed E-state index contributed by atoms with van der Waals surface area (Å²) < 4.78 is 5.80. The van der Waals surface area contributed by atoms with E-state index in [9.17, 15) is 9.59 Å². The number of nitrogens with zero attached hydrogens (tertiary/aromatic N) is 1. The van der Waals surface area contributed by atoms with E-state index in [4.69, 9.17) is 4.74 Å². The Balaban J connectivity index is 1.32. The zero-order valence-electron chi connectivity index (χ0n) is 17.6. The number of hydrogen-bond acceptors (Lipinski definition) is 4. The van der Waals surface area contributed by atoms with Gasteiger partial charge in [0.2, 0.25) is 0 Å². The van der Waals surface area contributed by atoms with Crippen LogP contribution in [0.1, 0.15) is 40.1 Å². The monoisotopic (exact) mass is 412 g/mol. The highest BCUT2D eigenvalue weighted by Crippen LogP contribution is 2.36. The highest BCUT2D eigenvalue weighted by atomic mass is 16.5. The number of carbonyl (C=O) groups is 2. The van der Waals surface area contributed by atoms with E-state index >= 15 is 0 Å². The number of benzene rings is 3. The van der Waals surface area contributed by atoms with Gasteiger partial charge in [-0.3, -0.25) is 9.59 Å². The number of carbonyl (C=O) groups excluding carboxylic acids is 2. The first-order valence-corrected chi connectivity index (χ1v) is 10.6. The Morgan fingerprint density at radius 1 is 0.871 bits per heavy atom. The number of rotatable bonds is 3. The zero-order valence-corrected chi connectivity index (χ0v) is 17.6. The molecular weight excluding hydrogens is 388 g/mol. The molecule has 5 nitrogen and oxygen atoms in total. The van der Waals surface area contributed by atoms with Gasteiger partial charge in [0.05, 0.1) is 12.2 Å². The van der Waals surface area contributed by atoms with Crippen molar-refractivity contribution in [3.63, 3.8) is 0 Å². The lowest BCUT2D eigenvalue weighted by Gasteiger charge is -2.36. The van der Waals surface area contributed by atoms with Gasteiger partial charge in [-0.2, -0.15) is 0 Å². The summed E-state index contributed by atoms with van der Waals surface area (Å²) in [6.45, 7) is 5.86. The second kappa shape index (κ2) is 7.67. The molecule has 5 rings (SSSR count). The molecule has 0 bridgehead atoms. The maximum atomic E-state index is 12.8. The lowest BCUT2D eigenvalue weighted by molar-refractivity contribution is -0.00521. The fourth-order valence-electron chi connectivity index (χ4n) is 4.52. The predicted molar refractivity (Wildman–Crippen MR) is 122 cm³/mol. The van der Waals surface area contributed by atoms with Crippen molar-refractivity contribution in [2.45, 2.75) is 26.1 Å². The van der Waals surface area contributed by atoms with E-state index in [1.165, 1.54) is 0 Å². The van der Waals surface area contributed by atoms with Gasteiger partial charge in [-0.1, -0.05) is 30.3 Å². The van der Waals surface area contributed by atoms with Gasteiger partial charge in [-0.05, 0) is 61.4 Å². The largest absolute Gasteiger partial charge is 0.372 e. The van der Waals surface area contributed by atoms with E-state index < -0.39 is 0 Å². The van der Waals surface area contributed by atoms with Crippen molar-refractivity contribution in [1.29, 1.82) is 0 Å². The Bertz CT molecular complexity index is 1160. The molecule has 0 spiro atoms. The minimum absolute atomic E-state index is 0.0291. The summed E-state index contributed by atoms with van der Waals surface area (Å²) in [7, 11) is 0.